The number of benzene rings is 1. The number of hydrogen-bond acceptors (Lipinski definition) is 2. The van der Waals surface area contributed by atoms with Crippen molar-refractivity contribution >= 4 is 23.5 Å². The summed E-state index contributed by atoms with van der Waals surface area (Å²) < 4.78 is 0. The van der Waals surface area contributed by atoms with Crippen molar-refractivity contribution in [2.24, 2.45) is 5.92 Å². The molecule has 84 valence electrons. The smallest absolute Gasteiger partial charge is 0.310 e. The molecule has 0 saturated carbocycles. The summed E-state index contributed by atoms with van der Waals surface area (Å²) in [5.74, 6) is -1.41. The monoisotopic (exact) mass is 239 g/mol. The van der Waals surface area contributed by atoms with E-state index in [-0.39, 0.29) is 19.0 Å². The van der Waals surface area contributed by atoms with E-state index in [1.165, 1.54) is 4.90 Å². The summed E-state index contributed by atoms with van der Waals surface area (Å²) >= 11 is 5.71. The van der Waals surface area contributed by atoms with E-state index in [4.69, 9.17) is 16.7 Å². The summed E-state index contributed by atoms with van der Waals surface area (Å²) in [7, 11) is 0. The van der Waals surface area contributed by atoms with Gasteiger partial charge in [-0.25, -0.2) is 0 Å². The number of nitrogens with zero attached hydrogens (tertiary/aromatic N) is 1. The Morgan fingerprint density at radius 1 is 1.25 bits per heavy atom. The summed E-state index contributed by atoms with van der Waals surface area (Å²) in [5.41, 5.74) is 0.535. The molecule has 16 heavy (non-hydrogen) atoms. The highest BCUT2D eigenvalue weighted by molar-refractivity contribution is 6.30. The summed E-state index contributed by atoms with van der Waals surface area (Å²) in [4.78, 5) is 23.9. The van der Waals surface area contributed by atoms with Crippen molar-refractivity contribution in [2.45, 2.75) is 0 Å². The fourth-order valence-electron chi connectivity index (χ4n) is 1.58. The number of carbonyl (C=O) groups excluding carboxylic acids is 1. The van der Waals surface area contributed by atoms with Crippen molar-refractivity contribution in [2.75, 3.05) is 13.1 Å². The van der Waals surface area contributed by atoms with Crippen LogP contribution in [-0.4, -0.2) is 35.0 Å². The van der Waals surface area contributed by atoms with E-state index in [0.717, 1.165) is 0 Å². The van der Waals surface area contributed by atoms with E-state index < -0.39 is 11.9 Å². The SMILES string of the molecule is O=C(O)C1CN(C(=O)c2ccc(Cl)cc2)C1. The lowest BCUT2D eigenvalue weighted by Crippen LogP contribution is -2.53. The number of carboxylic acids is 1. The lowest BCUT2D eigenvalue weighted by molar-refractivity contribution is -0.146. The van der Waals surface area contributed by atoms with Gasteiger partial charge in [-0.3, -0.25) is 9.59 Å². The van der Waals surface area contributed by atoms with Crippen LogP contribution in [0.5, 0.6) is 0 Å². The standard InChI is InChI=1S/C11H10ClNO3/c12-9-3-1-7(2-4-9)10(14)13-5-8(6-13)11(15)16/h1-4,8H,5-6H2,(H,15,16). The predicted molar refractivity (Wildman–Crippen MR) is 58.5 cm³/mol. The van der Waals surface area contributed by atoms with Gasteiger partial charge in [-0.2, -0.15) is 0 Å². The zero-order valence-electron chi connectivity index (χ0n) is 8.39. The second-order valence-electron chi connectivity index (χ2n) is 3.75. The molecule has 1 aromatic rings. The second kappa shape index (κ2) is 4.14. The highest BCUT2D eigenvalue weighted by Gasteiger charge is 2.35. The molecule has 1 fully saturated rings. The Kier molecular flexibility index (Phi) is 2.83. The van der Waals surface area contributed by atoms with Gasteiger partial charge in [0.15, 0.2) is 0 Å². The number of aliphatic carboxylic acids is 1. The first-order valence-corrected chi connectivity index (χ1v) is 5.23. The van der Waals surface area contributed by atoms with Gasteiger partial charge in [-0.15, -0.1) is 0 Å². The predicted octanol–water partition coefficient (Wildman–Crippen LogP) is 1.50. The van der Waals surface area contributed by atoms with Gasteiger partial charge in [0.05, 0.1) is 5.92 Å². The number of carboxylic acid groups (broad SMARTS) is 1. The third-order valence-corrected chi connectivity index (χ3v) is 2.86. The zero-order chi connectivity index (χ0) is 11.7. The molecular formula is C11H10ClNO3. The first-order valence-electron chi connectivity index (χ1n) is 4.85. The Balaban J connectivity index is 2.00. The molecule has 0 bridgehead atoms. The zero-order valence-corrected chi connectivity index (χ0v) is 9.15. The number of rotatable bonds is 2. The van der Waals surface area contributed by atoms with Gasteiger partial charge in [-0.1, -0.05) is 11.6 Å². The molecule has 2 rings (SSSR count). The first-order chi connectivity index (χ1) is 7.58. The Labute approximate surface area is 97.4 Å². The quantitative estimate of drug-likeness (QED) is 0.851. The Bertz CT molecular complexity index is 423. The summed E-state index contributed by atoms with van der Waals surface area (Å²) in [5, 5.41) is 9.26. The molecule has 1 amide bonds. The first kappa shape index (κ1) is 11.0. The molecule has 4 nitrogen and oxygen atoms in total. The van der Waals surface area contributed by atoms with E-state index >= 15 is 0 Å². The molecule has 1 saturated heterocycles. The molecule has 1 aliphatic rings. The van der Waals surface area contributed by atoms with E-state index in [1.807, 2.05) is 0 Å². The van der Waals surface area contributed by atoms with E-state index in [0.29, 0.717) is 10.6 Å². The van der Waals surface area contributed by atoms with Crippen LogP contribution < -0.4 is 0 Å². The summed E-state index contributed by atoms with van der Waals surface area (Å²) in [6.07, 6.45) is 0. The van der Waals surface area contributed by atoms with Crippen LogP contribution in [0.2, 0.25) is 5.02 Å². The molecule has 1 heterocycles. The topological polar surface area (TPSA) is 57.6 Å². The maximum atomic E-state index is 11.8. The van der Waals surface area contributed by atoms with Crippen LogP contribution in [0.25, 0.3) is 0 Å². The van der Waals surface area contributed by atoms with Crippen LogP contribution in [0, 0.1) is 5.92 Å². The minimum Gasteiger partial charge on any atom is -0.481 e. The van der Waals surface area contributed by atoms with E-state index in [2.05, 4.69) is 0 Å². The highest BCUT2D eigenvalue weighted by Crippen LogP contribution is 2.19. The van der Waals surface area contributed by atoms with Crippen molar-refractivity contribution in [3.05, 3.63) is 34.9 Å². The molecule has 0 spiro atoms. The molecule has 1 aliphatic heterocycles. The maximum absolute atomic E-state index is 11.8. The highest BCUT2D eigenvalue weighted by atomic mass is 35.5. The fraction of sp³-hybridized carbons (Fsp3) is 0.273. The average Bonchev–Trinajstić information content (AvgIpc) is 2.15. The molecule has 0 atom stereocenters. The fourth-order valence-corrected chi connectivity index (χ4v) is 1.70. The largest absolute Gasteiger partial charge is 0.481 e. The van der Waals surface area contributed by atoms with Crippen LogP contribution in [-0.2, 0) is 4.79 Å². The third kappa shape index (κ3) is 2.02. The lowest BCUT2D eigenvalue weighted by atomic mass is 9.99. The Morgan fingerprint density at radius 2 is 1.81 bits per heavy atom. The lowest BCUT2D eigenvalue weighted by Gasteiger charge is -2.36. The van der Waals surface area contributed by atoms with Gasteiger partial charge < -0.3 is 10.0 Å². The van der Waals surface area contributed by atoms with Crippen LogP contribution in [0.15, 0.2) is 24.3 Å². The van der Waals surface area contributed by atoms with Gasteiger partial charge in [0.1, 0.15) is 0 Å². The van der Waals surface area contributed by atoms with Crippen LogP contribution >= 0.6 is 11.6 Å². The van der Waals surface area contributed by atoms with Gasteiger partial charge in [0, 0.05) is 23.7 Å². The van der Waals surface area contributed by atoms with E-state index in [1.54, 1.807) is 24.3 Å². The minimum absolute atomic E-state index is 0.144. The van der Waals surface area contributed by atoms with Crippen molar-refractivity contribution in [3.63, 3.8) is 0 Å². The van der Waals surface area contributed by atoms with Crippen molar-refractivity contribution in [1.29, 1.82) is 0 Å². The van der Waals surface area contributed by atoms with Crippen molar-refractivity contribution in [1.82, 2.24) is 4.90 Å². The number of carbonyl (C=O) groups is 2. The normalized spacial score (nSPS) is 15.7. The molecule has 0 unspecified atom stereocenters. The number of hydrogen-bond donors (Lipinski definition) is 1. The molecule has 0 radical (unpaired) electrons. The van der Waals surface area contributed by atoms with Crippen molar-refractivity contribution in [3.8, 4) is 0 Å². The van der Waals surface area contributed by atoms with Crippen LogP contribution in [0.4, 0.5) is 0 Å². The van der Waals surface area contributed by atoms with Gasteiger partial charge in [0.25, 0.3) is 5.91 Å². The number of halogens is 1. The van der Waals surface area contributed by atoms with Crippen LogP contribution in [0.1, 0.15) is 10.4 Å². The third-order valence-electron chi connectivity index (χ3n) is 2.61. The molecule has 0 aliphatic carbocycles. The van der Waals surface area contributed by atoms with Crippen LogP contribution in [0.3, 0.4) is 0 Å². The average molecular weight is 240 g/mol. The minimum atomic E-state index is -0.847. The van der Waals surface area contributed by atoms with Gasteiger partial charge in [0.2, 0.25) is 0 Å². The molecule has 1 aromatic carbocycles. The molecule has 5 heteroatoms. The Morgan fingerprint density at radius 3 is 2.31 bits per heavy atom. The summed E-state index contributed by atoms with van der Waals surface area (Å²) in [6, 6.07) is 6.56. The molecule has 0 aromatic heterocycles. The summed E-state index contributed by atoms with van der Waals surface area (Å²) in [6.45, 7) is 0.577. The second-order valence-corrected chi connectivity index (χ2v) is 4.19. The van der Waals surface area contributed by atoms with Gasteiger partial charge >= 0.3 is 5.97 Å². The molecule has 1 N–H and O–H groups in total. The van der Waals surface area contributed by atoms with E-state index in [9.17, 15) is 9.59 Å². The molecular weight excluding hydrogens is 230 g/mol. The van der Waals surface area contributed by atoms with Gasteiger partial charge in [-0.05, 0) is 24.3 Å². The number of amides is 1. The maximum Gasteiger partial charge on any atom is 0.310 e. The number of likely N-dealkylation sites (tertiary alicyclic amines) is 1. The Hall–Kier alpha value is -1.55. The van der Waals surface area contributed by atoms with Crippen molar-refractivity contribution < 1.29 is 14.7 Å².